The first-order valence-electron chi connectivity index (χ1n) is 5.00. The number of nitrogens with two attached hydrogens (primary N) is 1. The normalized spacial score (nSPS) is 19.8. The fourth-order valence-corrected chi connectivity index (χ4v) is 2.72. The van der Waals surface area contributed by atoms with Gasteiger partial charge in [0.15, 0.2) is 0 Å². The van der Waals surface area contributed by atoms with Crippen molar-refractivity contribution in [2.24, 2.45) is 17.1 Å². The first kappa shape index (κ1) is 10.6. The summed E-state index contributed by atoms with van der Waals surface area (Å²) < 4.78 is 0. The number of carboxylic acid groups (broad SMARTS) is 1. The zero-order valence-electron chi connectivity index (χ0n) is 8.35. The van der Waals surface area contributed by atoms with E-state index < -0.39 is 11.4 Å². The van der Waals surface area contributed by atoms with Crippen LogP contribution in [0.1, 0.15) is 17.7 Å². The van der Waals surface area contributed by atoms with Crippen molar-refractivity contribution in [3.05, 3.63) is 16.6 Å². The highest BCUT2D eigenvalue weighted by molar-refractivity contribution is 7.09. The highest BCUT2D eigenvalue weighted by Crippen LogP contribution is 2.47. The molecule has 3 N–H and O–H groups in total. The lowest BCUT2D eigenvalue weighted by atomic mass is 9.79. The Labute approximate surface area is 92.1 Å². The molecular weight excluding hydrogens is 212 g/mol. The second-order valence-electron chi connectivity index (χ2n) is 4.08. The minimum absolute atomic E-state index is 0.213. The molecule has 2 rings (SSSR count). The van der Waals surface area contributed by atoms with Crippen LogP contribution in [0.15, 0.2) is 11.7 Å². The molecule has 1 aromatic rings. The third-order valence-corrected chi connectivity index (χ3v) is 3.90. The molecule has 1 saturated carbocycles. The van der Waals surface area contributed by atoms with Crippen molar-refractivity contribution in [1.29, 1.82) is 0 Å². The first-order chi connectivity index (χ1) is 7.19. The van der Waals surface area contributed by atoms with Crippen LogP contribution in [0.2, 0.25) is 0 Å². The molecule has 15 heavy (non-hydrogen) atoms. The second kappa shape index (κ2) is 3.90. The molecule has 1 fully saturated rings. The molecule has 0 aromatic carbocycles. The van der Waals surface area contributed by atoms with Gasteiger partial charge in [-0.25, -0.2) is 0 Å². The molecule has 1 aromatic heterocycles. The van der Waals surface area contributed by atoms with E-state index in [-0.39, 0.29) is 12.5 Å². The van der Waals surface area contributed by atoms with Crippen LogP contribution in [0, 0.1) is 11.3 Å². The summed E-state index contributed by atoms with van der Waals surface area (Å²) in [5.74, 6) is -0.511. The van der Waals surface area contributed by atoms with Crippen LogP contribution in [0.3, 0.4) is 0 Å². The summed E-state index contributed by atoms with van der Waals surface area (Å²) in [4.78, 5) is 16.3. The van der Waals surface area contributed by atoms with Crippen molar-refractivity contribution in [1.82, 2.24) is 4.98 Å². The Morgan fingerprint density at radius 1 is 1.73 bits per heavy atom. The Balaban J connectivity index is 2.21. The van der Waals surface area contributed by atoms with Crippen LogP contribution < -0.4 is 5.73 Å². The third kappa shape index (κ3) is 1.89. The van der Waals surface area contributed by atoms with Crippen molar-refractivity contribution < 1.29 is 9.90 Å². The molecule has 1 unspecified atom stereocenters. The van der Waals surface area contributed by atoms with E-state index in [0.29, 0.717) is 6.42 Å². The Bertz CT molecular complexity index is 348. The zero-order chi connectivity index (χ0) is 10.9. The lowest BCUT2D eigenvalue weighted by molar-refractivity contribution is -0.149. The Hall–Kier alpha value is -0.940. The Morgan fingerprint density at radius 2 is 2.47 bits per heavy atom. The summed E-state index contributed by atoms with van der Waals surface area (Å²) in [7, 11) is 0. The fraction of sp³-hybridized carbons (Fsp3) is 0.600. The van der Waals surface area contributed by atoms with Gasteiger partial charge in [0.05, 0.1) is 10.9 Å². The summed E-state index contributed by atoms with van der Waals surface area (Å²) in [5, 5.41) is 9.34. The van der Waals surface area contributed by atoms with E-state index in [1.54, 1.807) is 11.7 Å². The van der Waals surface area contributed by atoms with Gasteiger partial charge in [0.25, 0.3) is 0 Å². The number of carbonyl (C=O) groups is 1. The molecule has 0 saturated heterocycles. The van der Waals surface area contributed by atoms with Crippen LogP contribution in [-0.2, 0) is 11.2 Å². The Kier molecular flexibility index (Phi) is 2.75. The van der Waals surface area contributed by atoms with E-state index >= 15 is 0 Å². The van der Waals surface area contributed by atoms with E-state index in [1.807, 2.05) is 0 Å². The van der Waals surface area contributed by atoms with E-state index in [2.05, 4.69) is 4.98 Å². The highest BCUT2D eigenvalue weighted by Gasteiger charge is 2.50. The number of carboxylic acids is 1. The quantitative estimate of drug-likeness (QED) is 0.789. The van der Waals surface area contributed by atoms with Gasteiger partial charge in [-0.05, 0) is 18.8 Å². The standard InChI is InChI=1S/C10H14N2O2S/c11-5-10(9(13)14,7-1-2-7)3-8-4-12-6-15-8/h4,6-7H,1-3,5,11H2,(H,13,14). The second-order valence-corrected chi connectivity index (χ2v) is 5.06. The van der Waals surface area contributed by atoms with Gasteiger partial charge in [-0.2, -0.15) is 0 Å². The monoisotopic (exact) mass is 226 g/mol. The molecular formula is C10H14N2O2S. The van der Waals surface area contributed by atoms with Gasteiger partial charge in [-0.15, -0.1) is 11.3 Å². The molecule has 0 radical (unpaired) electrons. The van der Waals surface area contributed by atoms with Crippen molar-refractivity contribution in [2.45, 2.75) is 19.3 Å². The highest BCUT2D eigenvalue weighted by atomic mass is 32.1. The van der Waals surface area contributed by atoms with Gasteiger partial charge in [0.2, 0.25) is 0 Å². The smallest absolute Gasteiger partial charge is 0.311 e. The third-order valence-electron chi connectivity index (χ3n) is 3.12. The molecule has 0 amide bonds. The molecule has 82 valence electrons. The fourth-order valence-electron chi connectivity index (χ4n) is 2.00. The van der Waals surface area contributed by atoms with Crippen LogP contribution >= 0.6 is 11.3 Å². The molecule has 4 nitrogen and oxygen atoms in total. The van der Waals surface area contributed by atoms with Gasteiger partial charge in [-0.3, -0.25) is 9.78 Å². The maximum Gasteiger partial charge on any atom is 0.311 e. The van der Waals surface area contributed by atoms with Gasteiger partial charge >= 0.3 is 5.97 Å². The minimum Gasteiger partial charge on any atom is -0.481 e. The average molecular weight is 226 g/mol. The topological polar surface area (TPSA) is 76.2 Å². The van der Waals surface area contributed by atoms with Gasteiger partial charge in [0, 0.05) is 24.0 Å². The number of nitrogens with zero attached hydrogens (tertiary/aromatic N) is 1. The van der Waals surface area contributed by atoms with Crippen LogP contribution in [0.4, 0.5) is 0 Å². The molecule has 1 aliphatic rings. The lowest BCUT2D eigenvalue weighted by Gasteiger charge is -2.27. The van der Waals surface area contributed by atoms with Crippen molar-refractivity contribution in [3.63, 3.8) is 0 Å². The summed E-state index contributed by atoms with van der Waals surface area (Å²) >= 11 is 1.50. The summed E-state index contributed by atoms with van der Waals surface area (Å²) in [5.41, 5.74) is 6.64. The SMILES string of the molecule is NCC(Cc1cncs1)(C(=O)O)C1CC1. The number of thiazole rings is 1. The van der Waals surface area contributed by atoms with E-state index in [0.717, 1.165) is 17.7 Å². The molecule has 0 aliphatic heterocycles. The molecule has 0 spiro atoms. The van der Waals surface area contributed by atoms with Gasteiger partial charge < -0.3 is 10.8 Å². The van der Waals surface area contributed by atoms with E-state index in [1.165, 1.54) is 11.3 Å². The Morgan fingerprint density at radius 3 is 2.87 bits per heavy atom. The van der Waals surface area contributed by atoms with Crippen molar-refractivity contribution >= 4 is 17.3 Å². The maximum atomic E-state index is 11.4. The molecule has 1 heterocycles. The molecule has 5 heteroatoms. The molecule has 1 atom stereocenters. The molecule has 1 aliphatic carbocycles. The van der Waals surface area contributed by atoms with E-state index in [4.69, 9.17) is 5.73 Å². The number of hydrogen-bond acceptors (Lipinski definition) is 4. The van der Waals surface area contributed by atoms with Gasteiger partial charge in [0.1, 0.15) is 0 Å². The average Bonchev–Trinajstić information content (AvgIpc) is 2.94. The van der Waals surface area contributed by atoms with Crippen LogP contribution in [0.25, 0.3) is 0 Å². The number of rotatable bonds is 5. The largest absolute Gasteiger partial charge is 0.481 e. The first-order valence-corrected chi connectivity index (χ1v) is 5.88. The van der Waals surface area contributed by atoms with Crippen LogP contribution in [-0.4, -0.2) is 22.6 Å². The molecule has 0 bridgehead atoms. The maximum absolute atomic E-state index is 11.4. The van der Waals surface area contributed by atoms with Crippen LogP contribution in [0.5, 0.6) is 0 Å². The predicted octanol–water partition coefficient (Wildman–Crippen LogP) is 1.13. The minimum atomic E-state index is -0.763. The summed E-state index contributed by atoms with van der Waals surface area (Å²) in [6, 6.07) is 0. The predicted molar refractivity (Wildman–Crippen MR) is 57.7 cm³/mol. The van der Waals surface area contributed by atoms with Crippen molar-refractivity contribution in [2.75, 3.05) is 6.54 Å². The zero-order valence-corrected chi connectivity index (χ0v) is 9.17. The summed E-state index contributed by atoms with van der Waals surface area (Å²) in [6.45, 7) is 0.213. The summed E-state index contributed by atoms with van der Waals surface area (Å²) in [6.07, 6.45) is 4.24. The van der Waals surface area contributed by atoms with E-state index in [9.17, 15) is 9.90 Å². The number of aromatic nitrogens is 1. The number of aliphatic carboxylic acids is 1. The lowest BCUT2D eigenvalue weighted by Crippen LogP contribution is -2.42. The van der Waals surface area contributed by atoms with Gasteiger partial charge in [-0.1, -0.05) is 0 Å². The number of hydrogen-bond donors (Lipinski definition) is 2. The van der Waals surface area contributed by atoms with Crippen molar-refractivity contribution in [3.8, 4) is 0 Å².